The maximum atomic E-state index is 12.9. The number of aromatic nitrogens is 1. The van der Waals surface area contributed by atoms with Gasteiger partial charge in [-0.15, -0.1) is 11.3 Å². The first-order chi connectivity index (χ1) is 13.7. The van der Waals surface area contributed by atoms with Gasteiger partial charge in [-0.25, -0.2) is 0 Å². The monoisotopic (exact) mass is 393 g/mol. The number of hydrogen-bond donors (Lipinski definition) is 1. The highest BCUT2D eigenvalue weighted by atomic mass is 32.1. The molecule has 1 saturated heterocycles. The number of para-hydroxylation sites is 1. The number of piperidine rings is 1. The summed E-state index contributed by atoms with van der Waals surface area (Å²) < 4.78 is 0. The summed E-state index contributed by atoms with van der Waals surface area (Å²) in [5, 5.41) is 5.99. The van der Waals surface area contributed by atoms with Gasteiger partial charge in [0.25, 0.3) is 5.91 Å². The highest BCUT2D eigenvalue weighted by molar-refractivity contribution is 7.12. The Kier molecular flexibility index (Phi) is 5.39. The zero-order valence-electron chi connectivity index (χ0n) is 15.9. The van der Waals surface area contributed by atoms with Crippen molar-refractivity contribution in [3.8, 4) is 0 Å². The van der Waals surface area contributed by atoms with Crippen LogP contribution in [0.15, 0.2) is 47.8 Å². The Labute approximate surface area is 168 Å². The summed E-state index contributed by atoms with van der Waals surface area (Å²) in [5.74, 6) is 0.0209. The molecule has 144 valence electrons. The Morgan fingerprint density at radius 3 is 2.68 bits per heavy atom. The molecule has 0 radical (unpaired) electrons. The molecule has 0 atom stereocenters. The van der Waals surface area contributed by atoms with Crippen molar-refractivity contribution in [1.29, 1.82) is 0 Å². The summed E-state index contributed by atoms with van der Waals surface area (Å²) in [7, 11) is 0. The predicted octanol–water partition coefficient (Wildman–Crippen LogP) is 4.35. The van der Waals surface area contributed by atoms with E-state index < -0.39 is 0 Å². The van der Waals surface area contributed by atoms with Crippen LogP contribution >= 0.6 is 11.3 Å². The van der Waals surface area contributed by atoms with E-state index in [0.29, 0.717) is 25.9 Å². The van der Waals surface area contributed by atoms with Crippen molar-refractivity contribution in [1.82, 2.24) is 9.88 Å². The third kappa shape index (κ3) is 3.78. The average Bonchev–Trinajstić information content (AvgIpc) is 3.28. The van der Waals surface area contributed by atoms with Crippen LogP contribution in [0.2, 0.25) is 0 Å². The third-order valence-corrected chi connectivity index (χ3v) is 6.13. The molecule has 1 aliphatic rings. The van der Waals surface area contributed by atoms with E-state index in [1.54, 1.807) is 0 Å². The van der Waals surface area contributed by atoms with Crippen molar-refractivity contribution in [2.24, 2.45) is 5.92 Å². The molecule has 1 aliphatic heterocycles. The van der Waals surface area contributed by atoms with Crippen molar-refractivity contribution < 1.29 is 9.59 Å². The number of nitrogens with one attached hydrogen (secondary N) is 1. The normalized spacial score (nSPS) is 15.0. The maximum absolute atomic E-state index is 12.9. The van der Waals surface area contributed by atoms with Crippen LogP contribution in [-0.2, 0) is 11.2 Å². The maximum Gasteiger partial charge on any atom is 0.263 e. The third-order valence-electron chi connectivity index (χ3n) is 5.27. The van der Waals surface area contributed by atoms with E-state index in [4.69, 9.17) is 0 Å². The van der Waals surface area contributed by atoms with Gasteiger partial charge in [-0.05, 0) is 42.8 Å². The molecule has 0 aliphatic carbocycles. The van der Waals surface area contributed by atoms with E-state index >= 15 is 0 Å². The molecule has 3 heterocycles. The van der Waals surface area contributed by atoms with Crippen molar-refractivity contribution >= 4 is 39.7 Å². The highest BCUT2D eigenvalue weighted by Gasteiger charge is 2.28. The predicted molar refractivity (Wildman–Crippen MR) is 113 cm³/mol. The van der Waals surface area contributed by atoms with Crippen LogP contribution in [0.3, 0.4) is 0 Å². The number of likely N-dealkylation sites (tertiary alicyclic amines) is 1. The molecule has 1 fully saturated rings. The van der Waals surface area contributed by atoms with Crippen molar-refractivity contribution in [3.05, 3.63) is 58.4 Å². The molecule has 0 unspecified atom stereocenters. The van der Waals surface area contributed by atoms with Gasteiger partial charge in [0.05, 0.1) is 16.1 Å². The van der Waals surface area contributed by atoms with Gasteiger partial charge in [-0.2, -0.15) is 0 Å². The molecular weight excluding hydrogens is 370 g/mol. The van der Waals surface area contributed by atoms with E-state index in [9.17, 15) is 9.59 Å². The van der Waals surface area contributed by atoms with E-state index in [1.807, 2.05) is 52.7 Å². The number of benzene rings is 1. The van der Waals surface area contributed by atoms with Gasteiger partial charge in [0.15, 0.2) is 0 Å². The van der Waals surface area contributed by atoms with Gasteiger partial charge in [0, 0.05) is 30.1 Å². The van der Waals surface area contributed by atoms with Crippen LogP contribution < -0.4 is 5.32 Å². The lowest BCUT2D eigenvalue weighted by Gasteiger charge is -2.31. The second-order valence-corrected chi connectivity index (χ2v) is 8.01. The number of fused-ring (bicyclic) bond motifs is 1. The summed E-state index contributed by atoms with van der Waals surface area (Å²) in [5.41, 5.74) is 2.68. The Hall–Kier alpha value is -2.73. The standard InChI is InChI=1S/C22H23N3O2S/c1-2-16-14-19(17-6-3-4-7-18(17)23-16)24-21(26)15-9-11-25(12-10-15)22(27)20-8-5-13-28-20/h3-8,13-15H,2,9-12H2,1H3,(H,23,24,26). The summed E-state index contributed by atoms with van der Waals surface area (Å²) in [6, 6.07) is 13.6. The van der Waals surface area contributed by atoms with Gasteiger partial charge in [-0.3, -0.25) is 14.6 Å². The minimum Gasteiger partial charge on any atom is -0.338 e. The number of carbonyl (C=O) groups is 2. The molecule has 2 aromatic heterocycles. The zero-order chi connectivity index (χ0) is 19.5. The second-order valence-electron chi connectivity index (χ2n) is 7.06. The molecular formula is C22H23N3O2S. The quantitative estimate of drug-likeness (QED) is 0.717. The van der Waals surface area contributed by atoms with Crippen LogP contribution in [0, 0.1) is 5.92 Å². The van der Waals surface area contributed by atoms with E-state index in [0.717, 1.165) is 33.6 Å². The lowest BCUT2D eigenvalue weighted by atomic mass is 9.95. The first-order valence-corrected chi connectivity index (χ1v) is 10.6. The number of amides is 2. The molecule has 28 heavy (non-hydrogen) atoms. The number of anilines is 1. The molecule has 6 heteroatoms. The number of pyridine rings is 1. The number of carbonyl (C=O) groups excluding carboxylic acids is 2. The summed E-state index contributed by atoms with van der Waals surface area (Å²) in [6.07, 6.45) is 2.19. The average molecular weight is 394 g/mol. The molecule has 0 saturated carbocycles. The number of aryl methyl sites for hydroxylation is 1. The van der Waals surface area contributed by atoms with Gasteiger partial charge >= 0.3 is 0 Å². The minimum atomic E-state index is -0.0793. The topological polar surface area (TPSA) is 62.3 Å². The van der Waals surface area contributed by atoms with Crippen LogP contribution in [-0.4, -0.2) is 34.8 Å². The molecule has 5 nitrogen and oxygen atoms in total. The van der Waals surface area contributed by atoms with Gasteiger partial charge in [0.1, 0.15) is 0 Å². The Morgan fingerprint density at radius 1 is 1.18 bits per heavy atom. The lowest BCUT2D eigenvalue weighted by molar-refractivity contribution is -0.121. The molecule has 3 aromatic rings. The van der Waals surface area contributed by atoms with Crippen molar-refractivity contribution in [2.75, 3.05) is 18.4 Å². The molecule has 1 aromatic carbocycles. The van der Waals surface area contributed by atoms with Crippen LogP contribution in [0.5, 0.6) is 0 Å². The SMILES string of the molecule is CCc1cc(NC(=O)C2CCN(C(=O)c3cccs3)CC2)c2ccccc2n1. The summed E-state index contributed by atoms with van der Waals surface area (Å²) in [4.78, 5) is 32.6. The number of thiophene rings is 1. The molecule has 2 amide bonds. The van der Waals surface area contributed by atoms with Gasteiger partial charge in [0.2, 0.25) is 5.91 Å². The Bertz CT molecular complexity index is 992. The van der Waals surface area contributed by atoms with E-state index in [1.165, 1.54) is 11.3 Å². The summed E-state index contributed by atoms with van der Waals surface area (Å²) in [6.45, 7) is 3.29. The van der Waals surface area contributed by atoms with Gasteiger partial charge in [-0.1, -0.05) is 31.2 Å². The fourth-order valence-corrected chi connectivity index (χ4v) is 4.34. The van der Waals surface area contributed by atoms with E-state index in [-0.39, 0.29) is 17.7 Å². The molecule has 0 spiro atoms. The van der Waals surface area contributed by atoms with E-state index in [2.05, 4.69) is 17.2 Å². The lowest BCUT2D eigenvalue weighted by Crippen LogP contribution is -2.41. The first-order valence-electron chi connectivity index (χ1n) is 9.68. The number of hydrogen-bond acceptors (Lipinski definition) is 4. The largest absolute Gasteiger partial charge is 0.338 e. The van der Waals surface area contributed by atoms with Crippen LogP contribution in [0.1, 0.15) is 35.1 Å². The summed E-state index contributed by atoms with van der Waals surface area (Å²) >= 11 is 1.46. The van der Waals surface area contributed by atoms with Crippen LogP contribution in [0.4, 0.5) is 5.69 Å². The smallest absolute Gasteiger partial charge is 0.263 e. The molecule has 1 N–H and O–H groups in total. The highest BCUT2D eigenvalue weighted by Crippen LogP contribution is 2.26. The number of rotatable bonds is 4. The second kappa shape index (κ2) is 8.10. The molecule has 4 rings (SSSR count). The Balaban J connectivity index is 1.44. The molecule has 0 bridgehead atoms. The fraction of sp³-hybridized carbons (Fsp3) is 0.318. The fourth-order valence-electron chi connectivity index (χ4n) is 3.65. The zero-order valence-corrected chi connectivity index (χ0v) is 16.7. The van der Waals surface area contributed by atoms with Crippen molar-refractivity contribution in [2.45, 2.75) is 26.2 Å². The van der Waals surface area contributed by atoms with Gasteiger partial charge < -0.3 is 10.2 Å². The Morgan fingerprint density at radius 2 is 1.96 bits per heavy atom. The van der Waals surface area contributed by atoms with Crippen LogP contribution in [0.25, 0.3) is 10.9 Å². The minimum absolute atomic E-state index is 0.0293. The number of nitrogens with zero attached hydrogens (tertiary/aromatic N) is 2. The van der Waals surface area contributed by atoms with Crippen molar-refractivity contribution in [3.63, 3.8) is 0 Å². The first kappa shape index (κ1) is 18.6.